The molecule has 0 saturated carbocycles. The summed E-state index contributed by atoms with van der Waals surface area (Å²) in [7, 11) is 0. The van der Waals surface area contributed by atoms with Crippen molar-refractivity contribution >= 4 is 23.9 Å². The minimum absolute atomic E-state index is 0.0775. The number of carbonyl (C=O) groups is 4. The number of carboxylic acid groups (broad SMARTS) is 1. The highest BCUT2D eigenvalue weighted by Crippen LogP contribution is 2.44. The van der Waals surface area contributed by atoms with E-state index in [1.807, 2.05) is 55.5 Å². The molecule has 9 heteroatoms. The van der Waals surface area contributed by atoms with Crippen molar-refractivity contribution in [2.75, 3.05) is 6.61 Å². The number of fused-ring (bicyclic) bond motifs is 3. The minimum atomic E-state index is -1.49. The summed E-state index contributed by atoms with van der Waals surface area (Å²) in [6.07, 6.45) is -0.807. The van der Waals surface area contributed by atoms with Crippen molar-refractivity contribution < 1.29 is 29.0 Å². The normalized spacial score (nSPS) is 14.8. The van der Waals surface area contributed by atoms with E-state index in [4.69, 9.17) is 10.5 Å². The molecular formula is C25H29N3O6. The van der Waals surface area contributed by atoms with Crippen molar-refractivity contribution in [3.63, 3.8) is 0 Å². The van der Waals surface area contributed by atoms with Gasteiger partial charge in [-0.05, 0) is 28.2 Å². The molecule has 0 heterocycles. The standard InChI is InChI=1S/C25H29N3O6/c1-3-14(2)22(23(30)27-20(24(31)32)12-21(26)29)28-25(33)34-13-19-17-10-6-4-8-15(17)16-9-5-7-11-18(16)19/h4-11,14,19-20,22H,3,12-13H2,1-2H3,(H2,26,29)(H,27,30)(H,28,33)(H,31,32)/t14?,20-,22?/m0/s1. The Bertz CT molecular complexity index is 1040. The van der Waals surface area contributed by atoms with Gasteiger partial charge in [0, 0.05) is 5.92 Å². The Morgan fingerprint density at radius 2 is 1.56 bits per heavy atom. The maximum absolute atomic E-state index is 12.8. The van der Waals surface area contributed by atoms with Gasteiger partial charge in [0.25, 0.3) is 0 Å². The number of rotatable bonds is 10. The second kappa shape index (κ2) is 10.8. The number of ether oxygens (including phenoxy) is 1. The van der Waals surface area contributed by atoms with Crippen LogP contribution in [0.15, 0.2) is 48.5 Å². The maximum atomic E-state index is 12.8. The van der Waals surface area contributed by atoms with E-state index >= 15 is 0 Å². The number of aliphatic carboxylic acids is 1. The van der Waals surface area contributed by atoms with Crippen LogP contribution in [0, 0.1) is 5.92 Å². The van der Waals surface area contributed by atoms with Crippen molar-refractivity contribution in [3.8, 4) is 11.1 Å². The molecule has 2 aromatic rings. The molecule has 34 heavy (non-hydrogen) atoms. The summed E-state index contributed by atoms with van der Waals surface area (Å²) in [6.45, 7) is 3.66. The summed E-state index contributed by atoms with van der Waals surface area (Å²) in [5.74, 6) is -3.44. The fourth-order valence-electron chi connectivity index (χ4n) is 4.13. The zero-order chi connectivity index (χ0) is 24.8. The molecule has 0 bridgehead atoms. The first-order valence-electron chi connectivity index (χ1n) is 11.2. The van der Waals surface area contributed by atoms with Crippen LogP contribution >= 0.6 is 0 Å². The average molecular weight is 468 g/mol. The highest BCUT2D eigenvalue weighted by Gasteiger charge is 2.32. The first-order chi connectivity index (χ1) is 16.2. The van der Waals surface area contributed by atoms with E-state index in [9.17, 15) is 24.3 Å². The van der Waals surface area contributed by atoms with E-state index in [1.165, 1.54) is 0 Å². The number of alkyl carbamates (subject to hydrolysis) is 1. The predicted molar refractivity (Wildman–Crippen MR) is 125 cm³/mol. The third-order valence-corrected chi connectivity index (χ3v) is 6.13. The van der Waals surface area contributed by atoms with E-state index in [0.717, 1.165) is 22.3 Å². The van der Waals surface area contributed by atoms with Gasteiger partial charge in [-0.3, -0.25) is 9.59 Å². The third-order valence-electron chi connectivity index (χ3n) is 6.13. The Balaban J connectivity index is 1.68. The molecule has 9 nitrogen and oxygen atoms in total. The molecule has 180 valence electrons. The number of amides is 3. The van der Waals surface area contributed by atoms with Gasteiger partial charge in [0.05, 0.1) is 6.42 Å². The summed E-state index contributed by atoms with van der Waals surface area (Å²) >= 11 is 0. The van der Waals surface area contributed by atoms with Crippen LogP contribution in [0.4, 0.5) is 4.79 Å². The summed E-state index contributed by atoms with van der Waals surface area (Å²) in [4.78, 5) is 47.9. The van der Waals surface area contributed by atoms with E-state index in [1.54, 1.807) is 6.92 Å². The Labute approximate surface area is 197 Å². The largest absolute Gasteiger partial charge is 0.480 e. The Hall–Kier alpha value is -3.88. The fraction of sp³-hybridized carbons (Fsp3) is 0.360. The number of carboxylic acids is 1. The molecule has 0 radical (unpaired) electrons. The molecule has 0 fully saturated rings. The van der Waals surface area contributed by atoms with Crippen LogP contribution < -0.4 is 16.4 Å². The highest BCUT2D eigenvalue weighted by molar-refractivity contribution is 5.91. The van der Waals surface area contributed by atoms with E-state index in [-0.39, 0.29) is 18.4 Å². The van der Waals surface area contributed by atoms with Gasteiger partial charge < -0.3 is 26.2 Å². The Morgan fingerprint density at radius 1 is 1.00 bits per heavy atom. The van der Waals surface area contributed by atoms with Crippen molar-refractivity contribution in [2.24, 2.45) is 11.7 Å². The van der Waals surface area contributed by atoms with Crippen molar-refractivity contribution in [2.45, 2.75) is 44.7 Å². The highest BCUT2D eigenvalue weighted by atomic mass is 16.5. The lowest BCUT2D eigenvalue weighted by molar-refractivity contribution is -0.143. The van der Waals surface area contributed by atoms with Gasteiger partial charge >= 0.3 is 12.1 Å². The number of primary amides is 1. The summed E-state index contributed by atoms with van der Waals surface area (Å²) < 4.78 is 5.51. The SMILES string of the molecule is CCC(C)C(NC(=O)OCC1c2ccccc2-c2ccccc21)C(=O)N[C@@H](CC(N)=O)C(=O)O. The lowest BCUT2D eigenvalue weighted by Gasteiger charge is -2.25. The van der Waals surface area contributed by atoms with E-state index in [2.05, 4.69) is 10.6 Å². The molecule has 1 aliphatic carbocycles. The average Bonchev–Trinajstić information content (AvgIpc) is 3.13. The van der Waals surface area contributed by atoms with Crippen LogP contribution in [0.2, 0.25) is 0 Å². The Kier molecular flexibility index (Phi) is 7.88. The topological polar surface area (TPSA) is 148 Å². The van der Waals surface area contributed by atoms with E-state index in [0.29, 0.717) is 6.42 Å². The Morgan fingerprint density at radius 3 is 2.06 bits per heavy atom. The first-order valence-corrected chi connectivity index (χ1v) is 11.2. The number of hydrogen-bond donors (Lipinski definition) is 4. The summed E-state index contributed by atoms with van der Waals surface area (Å²) in [6, 6.07) is 13.3. The minimum Gasteiger partial charge on any atom is -0.480 e. The molecular weight excluding hydrogens is 438 g/mol. The van der Waals surface area contributed by atoms with Crippen LogP contribution in [-0.4, -0.2) is 47.7 Å². The van der Waals surface area contributed by atoms with Gasteiger partial charge in [-0.15, -0.1) is 0 Å². The van der Waals surface area contributed by atoms with Gasteiger partial charge in [-0.1, -0.05) is 68.8 Å². The van der Waals surface area contributed by atoms with Gasteiger partial charge in [0.2, 0.25) is 11.8 Å². The predicted octanol–water partition coefficient (Wildman–Crippen LogP) is 2.38. The zero-order valence-electron chi connectivity index (χ0n) is 19.1. The van der Waals surface area contributed by atoms with Gasteiger partial charge in [-0.2, -0.15) is 0 Å². The third kappa shape index (κ3) is 5.54. The molecule has 0 aliphatic heterocycles. The molecule has 0 aromatic heterocycles. The van der Waals surface area contributed by atoms with E-state index < -0.39 is 42.4 Å². The van der Waals surface area contributed by atoms with Crippen LogP contribution in [0.5, 0.6) is 0 Å². The first kappa shape index (κ1) is 24.8. The van der Waals surface area contributed by atoms with Crippen LogP contribution in [-0.2, 0) is 19.1 Å². The summed E-state index contributed by atoms with van der Waals surface area (Å²) in [5, 5.41) is 14.1. The lowest BCUT2D eigenvalue weighted by Crippen LogP contribution is -2.54. The molecule has 3 amide bonds. The second-order valence-electron chi connectivity index (χ2n) is 8.40. The molecule has 3 atom stereocenters. The molecule has 0 spiro atoms. The number of nitrogens with one attached hydrogen (secondary N) is 2. The van der Waals surface area contributed by atoms with Gasteiger partial charge in [0.1, 0.15) is 18.7 Å². The monoisotopic (exact) mass is 467 g/mol. The second-order valence-corrected chi connectivity index (χ2v) is 8.40. The number of hydrogen-bond acceptors (Lipinski definition) is 5. The molecule has 0 saturated heterocycles. The summed E-state index contributed by atoms with van der Waals surface area (Å²) in [5.41, 5.74) is 9.38. The number of carbonyl (C=O) groups excluding carboxylic acids is 3. The smallest absolute Gasteiger partial charge is 0.407 e. The molecule has 2 aromatic carbocycles. The van der Waals surface area contributed by atoms with Crippen LogP contribution in [0.25, 0.3) is 11.1 Å². The molecule has 2 unspecified atom stereocenters. The van der Waals surface area contributed by atoms with Crippen molar-refractivity contribution in [1.29, 1.82) is 0 Å². The van der Waals surface area contributed by atoms with Gasteiger partial charge in [-0.25, -0.2) is 9.59 Å². The fourth-order valence-corrected chi connectivity index (χ4v) is 4.13. The van der Waals surface area contributed by atoms with Crippen molar-refractivity contribution in [1.82, 2.24) is 10.6 Å². The lowest BCUT2D eigenvalue weighted by atomic mass is 9.97. The van der Waals surface area contributed by atoms with Crippen LogP contribution in [0.1, 0.15) is 43.7 Å². The molecule has 1 aliphatic rings. The van der Waals surface area contributed by atoms with Gasteiger partial charge in [0.15, 0.2) is 0 Å². The number of benzene rings is 2. The maximum Gasteiger partial charge on any atom is 0.407 e. The number of nitrogens with two attached hydrogens (primary N) is 1. The zero-order valence-corrected chi connectivity index (χ0v) is 19.1. The molecule has 3 rings (SSSR count). The molecule has 5 N–H and O–H groups in total. The van der Waals surface area contributed by atoms with Crippen LogP contribution in [0.3, 0.4) is 0 Å². The quantitative estimate of drug-likeness (QED) is 0.422. The van der Waals surface area contributed by atoms with Crippen molar-refractivity contribution in [3.05, 3.63) is 59.7 Å².